The lowest BCUT2D eigenvalue weighted by molar-refractivity contribution is -0.125. The van der Waals surface area contributed by atoms with E-state index in [1.165, 1.54) is 0 Å². The molecule has 1 aliphatic rings. The van der Waals surface area contributed by atoms with Crippen LogP contribution in [0.5, 0.6) is 5.75 Å². The number of halogens is 1. The minimum absolute atomic E-state index is 0.0883. The van der Waals surface area contributed by atoms with Gasteiger partial charge in [0.25, 0.3) is 0 Å². The molecule has 1 saturated heterocycles. The molecule has 0 atom stereocenters. The van der Waals surface area contributed by atoms with Crippen LogP contribution in [-0.4, -0.2) is 49.8 Å². The number of ether oxygens (including phenoxy) is 2. The van der Waals surface area contributed by atoms with E-state index >= 15 is 0 Å². The topological polar surface area (TPSA) is 63.7 Å². The van der Waals surface area contributed by atoms with Gasteiger partial charge in [0.15, 0.2) is 5.13 Å². The normalized spacial score (nSPS) is 15.3. The van der Waals surface area contributed by atoms with Crippen LogP contribution >= 0.6 is 27.3 Å². The molecular weight excluding hydrogens is 454 g/mol. The van der Waals surface area contributed by atoms with Crippen LogP contribution in [0, 0.1) is 5.92 Å². The molecule has 3 rings (SSSR count). The predicted molar refractivity (Wildman–Crippen MR) is 122 cm³/mol. The zero-order valence-corrected chi connectivity index (χ0v) is 19.8. The molecule has 0 spiro atoms. The molecule has 0 radical (unpaired) electrons. The van der Waals surface area contributed by atoms with Crippen LogP contribution < -0.4 is 15.0 Å². The molecule has 1 aliphatic heterocycles. The fourth-order valence-corrected chi connectivity index (χ4v) is 4.87. The van der Waals surface area contributed by atoms with Gasteiger partial charge >= 0.3 is 0 Å². The second-order valence-corrected chi connectivity index (χ2v) is 9.37. The lowest BCUT2D eigenvalue weighted by atomic mass is 9.96. The second kappa shape index (κ2) is 10.6. The number of anilines is 1. The fourth-order valence-electron chi connectivity index (χ4n) is 3.40. The summed E-state index contributed by atoms with van der Waals surface area (Å²) in [5, 5.41) is 4.08. The molecule has 1 amide bonds. The first-order chi connectivity index (χ1) is 14.0. The summed E-state index contributed by atoms with van der Waals surface area (Å²) in [5.41, 5.74) is 0.976. The quantitative estimate of drug-likeness (QED) is 0.527. The number of piperidine rings is 1. The van der Waals surface area contributed by atoms with E-state index in [0.29, 0.717) is 19.8 Å². The van der Waals surface area contributed by atoms with Gasteiger partial charge in [-0.1, -0.05) is 11.3 Å². The Morgan fingerprint density at radius 3 is 2.83 bits per heavy atom. The highest BCUT2D eigenvalue weighted by Crippen LogP contribution is 2.37. The number of thiazole rings is 1. The van der Waals surface area contributed by atoms with Crippen molar-refractivity contribution in [3.05, 3.63) is 16.6 Å². The predicted octanol–water partition coefficient (Wildman–Crippen LogP) is 4.61. The summed E-state index contributed by atoms with van der Waals surface area (Å²) < 4.78 is 13.2. The van der Waals surface area contributed by atoms with E-state index in [1.807, 2.05) is 32.9 Å². The first-order valence-corrected chi connectivity index (χ1v) is 12.0. The Labute approximate surface area is 185 Å². The number of hydrogen-bond acceptors (Lipinski definition) is 6. The van der Waals surface area contributed by atoms with Crippen LogP contribution in [0.15, 0.2) is 16.6 Å². The Morgan fingerprint density at radius 2 is 2.14 bits per heavy atom. The Kier molecular flexibility index (Phi) is 8.15. The van der Waals surface area contributed by atoms with E-state index in [-0.39, 0.29) is 17.9 Å². The van der Waals surface area contributed by atoms with Crippen LogP contribution in [0.25, 0.3) is 10.2 Å². The molecular formula is C21H30BrN3O3S. The van der Waals surface area contributed by atoms with Gasteiger partial charge < -0.3 is 19.7 Å². The Morgan fingerprint density at radius 1 is 1.38 bits per heavy atom. The highest BCUT2D eigenvalue weighted by atomic mass is 79.9. The monoisotopic (exact) mass is 483 g/mol. The number of amides is 1. The number of nitrogens with one attached hydrogen (secondary N) is 1. The van der Waals surface area contributed by atoms with Gasteiger partial charge in [0.1, 0.15) is 5.75 Å². The smallest absolute Gasteiger partial charge is 0.223 e. The molecule has 0 saturated carbocycles. The summed E-state index contributed by atoms with van der Waals surface area (Å²) in [7, 11) is 0. The molecule has 8 heteroatoms. The third kappa shape index (κ3) is 6.06. The minimum atomic E-state index is 0.0883. The molecule has 6 nitrogen and oxygen atoms in total. The summed E-state index contributed by atoms with van der Waals surface area (Å²) in [6.45, 7) is 9.74. The van der Waals surface area contributed by atoms with Crippen LogP contribution in [0.2, 0.25) is 0 Å². The van der Waals surface area contributed by atoms with Crippen molar-refractivity contribution in [1.29, 1.82) is 0 Å². The van der Waals surface area contributed by atoms with E-state index in [0.717, 1.165) is 57.9 Å². The lowest BCUT2D eigenvalue weighted by Crippen LogP contribution is -2.40. The number of carbonyl (C=O) groups excluding carboxylic acids is 1. The van der Waals surface area contributed by atoms with Gasteiger partial charge in [0.2, 0.25) is 5.91 Å². The van der Waals surface area contributed by atoms with Crippen molar-refractivity contribution in [2.75, 3.05) is 37.7 Å². The van der Waals surface area contributed by atoms with Crippen molar-refractivity contribution in [1.82, 2.24) is 10.3 Å². The molecule has 1 aromatic carbocycles. The molecule has 160 valence electrons. The highest BCUT2D eigenvalue weighted by molar-refractivity contribution is 9.10. The summed E-state index contributed by atoms with van der Waals surface area (Å²) in [5.74, 6) is 1.11. The third-order valence-electron chi connectivity index (χ3n) is 4.94. The molecule has 1 aromatic heterocycles. The summed E-state index contributed by atoms with van der Waals surface area (Å²) >= 11 is 5.24. The molecule has 1 N–H and O–H groups in total. The lowest BCUT2D eigenvalue weighted by Gasteiger charge is -2.31. The molecule has 2 aromatic rings. The van der Waals surface area contributed by atoms with Crippen molar-refractivity contribution >= 4 is 48.5 Å². The van der Waals surface area contributed by atoms with Gasteiger partial charge in [-0.05, 0) is 62.0 Å². The number of hydrogen-bond donors (Lipinski definition) is 1. The fraction of sp³-hybridized carbons (Fsp3) is 0.619. The first-order valence-electron chi connectivity index (χ1n) is 10.3. The summed E-state index contributed by atoms with van der Waals surface area (Å²) in [6, 6.07) is 4.07. The number of rotatable bonds is 9. The Balaban J connectivity index is 1.50. The van der Waals surface area contributed by atoms with Crippen LogP contribution in [0.4, 0.5) is 5.13 Å². The number of aromatic nitrogens is 1. The maximum atomic E-state index is 12.4. The summed E-state index contributed by atoms with van der Waals surface area (Å²) in [6.07, 6.45) is 2.81. The van der Waals surface area contributed by atoms with Gasteiger partial charge in [-0.25, -0.2) is 4.98 Å². The van der Waals surface area contributed by atoms with Crippen LogP contribution in [0.3, 0.4) is 0 Å². The largest absolute Gasteiger partial charge is 0.493 e. The SMILES string of the molecule is CCOc1cc2sc(N3CCC(C(=O)NCCCOC(C)C)CC3)nc2cc1Br. The molecule has 2 heterocycles. The van der Waals surface area contributed by atoms with Gasteiger partial charge in [-0.15, -0.1) is 0 Å². The molecule has 29 heavy (non-hydrogen) atoms. The maximum Gasteiger partial charge on any atom is 0.223 e. The Bertz CT molecular complexity index is 819. The first kappa shape index (κ1) is 22.3. The number of nitrogens with zero attached hydrogens (tertiary/aromatic N) is 2. The van der Waals surface area contributed by atoms with E-state index in [2.05, 4.69) is 26.1 Å². The molecule has 0 aliphatic carbocycles. The zero-order chi connectivity index (χ0) is 20.8. The zero-order valence-electron chi connectivity index (χ0n) is 17.4. The van der Waals surface area contributed by atoms with Crippen molar-refractivity contribution in [2.24, 2.45) is 5.92 Å². The average molecular weight is 484 g/mol. The average Bonchev–Trinajstić information content (AvgIpc) is 3.10. The third-order valence-corrected chi connectivity index (χ3v) is 6.64. The number of benzene rings is 1. The van der Waals surface area contributed by atoms with Gasteiger partial charge in [-0.3, -0.25) is 4.79 Å². The molecule has 0 bridgehead atoms. The minimum Gasteiger partial charge on any atom is -0.493 e. The molecule has 0 unspecified atom stereocenters. The second-order valence-electron chi connectivity index (χ2n) is 7.51. The van der Waals surface area contributed by atoms with Crippen molar-refractivity contribution in [2.45, 2.75) is 46.1 Å². The highest BCUT2D eigenvalue weighted by Gasteiger charge is 2.26. The van der Waals surface area contributed by atoms with Crippen LogP contribution in [0.1, 0.15) is 40.0 Å². The van der Waals surface area contributed by atoms with Gasteiger partial charge in [0, 0.05) is 38.2 Å². The maximum absolute atomic E-state index is 12.4. The number of fused-ring (bicyclic) bond motifs is 1. The standard InChI is InChI=1S/C21H30BrN3O3S/c1-4-27-18-13-19-17(12-16(18)22)24-21(29-19)25-9-6-15(7-10-25)20(26)23-8-5-11-28-14(2)3/h12-15H,4-11H2,1-3H3,(H,23,26). The van der Waals surface area contributed by atoms with E-state index in [9.17, 15) is 4.79 Å². The van der Waals surface area contributed by atoms with E-state index in [4.69, 9.17) is 14.5 Å². The Hall–Kier alpha value is -1.38. The van der Waals surface area contributed by atoms with Crippen LogP contribution in [-0.2, 0) is 9.53 Å². The van der Waals surface area contributed by atoms with Gasteiger partial charge in [0.05, 0.1) is 27.4 Å². The van der Waals surface area contributed by atoms with E-state index < -0.39 is 0 Å². The van der Waals surface area contributed by atoms with Crippen molar-refractivity contribution in [3.63, 3.8) is 0 Å². The molecule has 1 fully saturated rings. The van der Waals surface area contributed by atoms with Crippen molar-refractivity contribution in [3.8, 4) is 5.75 Å². The van der Waals surface area contributed by atoms with E-state index in [1.54, 1.807) is 11.3 Å². The van der Waals surface area contributed by atoms with Gasteiger partial charge in [-0.2, -0.15) is 0 Å². The summed E-state index contributed by atoms with van der Waals surface area (Å²) in [4.78, 5) is 19.5. The van der Waals surface area contributed by atoms with Crippen molar-refractivity contribution < 1.29 is 14.3 Å². The number of carbonyl (C=O) groups is 1.